The van der Waals surface area contributed by atoms with E-state index in [1.807, 2.05) is 24.3 Å². The molecule has 0 saturated carbocycles. The molecule has 0 aromatic heterocycles. The summed E-state index contributed by atoms with van der Waals surface area (Å²) >= 11 is 12.2. The molecule has 1 N–H and O–H groups in total. The van der Waals surface area contributed by atoms with Gasteiger partial charge in [-0.3, -0.25) is 0 Å². The molecule has 0 amide bonds. The first kappa shape index (κ1) is 12.6. The summed E-state index contributed by atoms with van der Waals surface area (Å²) in [5.74, 6) is 0.665. The van der Waals surface area contributed by atoms with Crippen molar-refractivity contribution in [1.29, 1.82) is 0 Å². The number of hydrogen-bond donors (Lipinski definition) is 1. The van der Waals surface area contributed by atoms with E-state index >= 15 is 0 Å². The third-order valence-corrected chi connectivity index (χ3v) is 3.72. The summed E-state index contributed by atoms with van der Waals surface area (Å²) in [7, 11) is 0. The quantitative estimate of drug-likeness (QED) is 0.805. The molecule has 3 rings (SSSR count). The second kappa shape index (κ2) is 4.95. The normalized spacial score (nSPS) is 21.2. The zero-order valence-electron chi connectivity index (χ0n) is 10.4. The zero-order chi connectivity index (χ0) is 13.4. The third-order valence-electron chi connectivity index (χ3n) is 3.22. The number of nitrogens with one attached hydrogen (secondary N) is 1. The van der Waals surface area contributed by atoms with Crippen LogP contribution >= 0.6 is 23.2 Å². The van der Waals surface area contributed by atoms with E-state index in [9.17, 15) is 0 Å². The van der Waals surface area contributed by atoms with E-state index in [4.69, 9.17) is 27.9 Å². The molecule has 0 fully saturated rings. The first-order valence-corrected chi connectivity index (χ1v) is 6.88. The number of fused-ring (bicyclic) bond motifs is 1. The van der Waals surface area contributed by atoms with Crippen LogP contribution in [0.1, 0.15) is 18.6 Å². The molecule has 2 nitrogen and oxygen atoms in total. The van der Waals surface area contributed by atoms with Crippen LogP contribution in [0.2, 0.25) is 10.0 Å². The van der Waals surface area contributed by atoms with Gasteiger partial charge in [-0.1, -0.05) is 53.5 Å². The highest BCUT2D eigenvalue weighted by atomic mass is 35.5. The minimum absolute atomic E-state index is 0.0626. The average Bonchev–Trinajstić information content (AvgIpc) is 2.38. The van der Waals surface area contributed by atoms with E-state index < -0.39 is 0 Å². The zero-order valence-corrected chi connectivity index (χ0v) is 11.9. The maximum absolute atomic E-state index is 6.20. The second-order valence-electron chi connectivity index (χ2n) is 4.65. The molecule has 0 spiro atoms. The summed E-state index contributed by atoms with van der Waals surface area (Å²) < 4.78 is 6.06. The maximum Gasteiger partial charge on any atom is 0.162 e. The highest BCUT2D eigenvalue weighted by molar-refractivity contribution is 6.36. The van der Waals surface area contributed by atoms with Crippen LogP contribution in [0.4, 0.5) is 5.69 Å². The minimum atomic E-state index is -0.0626. The van der Waals surface area contributed by atoms with E-state index in [1.54, 1.807) is 6.07 Å². The van der Waals surface area contributed by atoms with E-state index in [1.165, 1.54) is 0 Å². The van der Waals surface area contributed by atoms with Crippen LogP contribution in [-0.2, 0) is 0 Å². The summed E-state index contributed by atoms with van der Waals surface area (Å²) in [5, 5.41) is 4.53. The van der Waals surface area contributed by atoms with Gasteiger partial charge in [0.25, 0.3) is 0 Å². The van der Waals surface area contributed by atoms with Gasteiger partial charge < -0.3 is 10.1 Å². The molecule has 2 unspecified atom stereocenters. The van der Waals surface area contributed by atoms with Gasteiger partial charge in [-0.15, -0.1) is 0 Å². The summed E-state index contributed by atoms with van der Waals surface area (Å²) in [6.45, 7) is 2.08. The number of rotatable bonds is 1. The fraction of sp³-hybridized carbons (Fsp3) is 0.200. The molecule has 2 atom stereocenters. The van der Waals surface area contributed by atoms with Crippen molar-refractivity contribution in [1.82, 2.24) is 0 Å². The molecule has 0 saturated heterocycles. The highest BCUT2D eigenvalue weighted by Crippen LogP contribution is 2.43. The second-order valence-corrected chi connectivity index (χ2v) is 5.49. The standard InChI is InChI=1S/C15H13Cl2NO/c1-9-14(10-5-3-2-4-6-10)19-15-12(17)7-11(16)8-13(15)18-9/h2-9,14,18H,1H3. The van der Waals surface area contributed by atoms with Crippen molar-refractivity contribution in [2.45, 2.75) is 19.1 Å². The Bertz CT molecular complexity index is 601. The van der Waals surface area contributed by atoms with Crippen molar-refractivity contribution in [3.63, 3.8) is 0 Å². The van der Waals surface area contributed by atoms with Gasteiger partial charge in [0.2, 0.25) is 0 Å². The largest absolute Gasteiger partial charge is 0.480 e. The van der Waals surface area contributed by atoms with Gasteiger partial charge in [0.1, 0.15) is 6.10 Å². The van der Waals surface area contributed by atoms with E-state index in [0.717, 1.165) is 11.3 Å². The lowest BCUT2D eigenvalue weighted by Crippen LogP contribution is -2.32. The van der Waals surface area contributed by atoms with Crippen molar-refractivity contribution in [2.24, 2.45) is 0 Å². The lowest BCUT2D eigenvalue weighted by atomic mass is 10.0. The fourth-order valence-corrected chi connectivity index (χ4v) is 2.87. The molecule has 0 radical (unpaired) electrons. The first-order chi connectivity index (χ1) is 9.15. The lowest BCUT2D eigenvalue weighted by molar-refractivity contribution is 0.178. The molecule has 1 aliphatic rings. The van der Waals surface area contributed by atoms with Gasteiger partial charge >= 0.3 is 0 Å². The number of ether oxygens (including phenoxy) is 1. The van der Waals surface area contributed by atoms with Crippen LogP contribution < -0.4 is 10.1 Å². The predicted octanol–water partition coefficient (Wildman–Crippen LogP) is 4.93. The van der Waals surface area contributed by atoms with Gasteiger partial charge in [-0.05, 0) is 24.6 Å². The Hall–Kier alpha value is -1.38. The molecule has 1 aliphatic heterocycles. The maximum atomic E-state index is 6.20. The molecular weight excluding hydrogens is 281 g/mol. The molecule has 1 heterocycles. The molecular formula is C15H13Cl2NO. The fourth-order valence-electron chi connectivity index (χ4n) is 2.34. The molecule has 0 bridgehead atoms. The Balaban J connectivity index is 2.00. The molecule has 19 heavy (non-hydrogen) atoms. The Morgan fingerprint density at radius 1 is 1.11 bits per heavy atom. The van der Waals surface area contributed by atoms with Crippen molar-refractivity contribution in [3.8, 4) is 5.75 Å². The topological polar surface area (TPSA) is 21.3 Å². The van der Waals surface area contributed by atoms with Gasteiger partial charge in [-0.25, -0.2) is 0 Å². The average molecular weight is 294 g/mol. The van der Waals surface area contributed by atoms with Crippen molar-refractivity contribution >= 4 is 28.9 Å². The third kappa shape index (κ3) is 2.38. The number of anilines is 1. The lowest BCUT2D eigenvalue weighted by Gasteiger charge is -2.34. The van der Waals surface area contributed by atoms with Crippen LogP contribution in [0.3, 0.4) is 0 Å². The molecule has 98 valence electrons. The summed E-state index contributed by atoms with van der Waals surface area (Å²) in [5.41, 5.74) is 1.97. The van der Waals surface area contributed by atoms with Gasteiger partial charge in [0, 0.05) is 5.02 Å². The van der Waals surface area contributed by atoms with E-state index in [-0.39, 0.29) is 12.1 Å². The van der Waals surface area contributed by atoms with Crippen LogP contribution in [0.5, 0.6) is 5.75 Å². The summed E-state index contributed by atoms with van der Waals surface area (Å²) in [6, 6.07) is 13.8. The minimum Gasteiger partial charge on any atom is -0.480 e. The van der Waals surface area contributed by atoms with Crippen LogP contribution in [0.25, 0.3) is 0 Å². The number of halogens is 2. The molecule has 4 heteroatoms. The predicted molar refractivity (Wildman–Crippen MR) is 79.4 cm³/mol. The van der Waals surface area contributed by atoms with Gasteiger partial charge in [-0.2, -0.15) is 0 Å². The van der Waals surface area contributed by atoms with E-state index in [2.05, 4.69) is 24.4 Å². The highest BCUT2D eigenvalue weighted by Gasteiger charge is 2.29. The Kier molecular flexibility index (Phi) is 3.29. The van der Waals surface area contributed by atoms with Crippen LogP contribution in [0.15, 0.2) is 42.5 Å². The van der Waals surface area contributed by atoms with Crippen molar-refractivity contribution in [3.05, 3.63) is 58.1 Å². The number of hydrogen-bond acceptors (Lipinski definition) is 2. The molecule has 0 aliphatic carbocycles. The van der Waals surface area contributed by atoms with Crippen molar-refractivity contribution < 1.29 is 4.74 Å². The molecule has 2 aromatic rings. The Labute approximate surface area is 122 Å². The van der Waals surface area contributed by atoms with Gasteiger partial charge in [0.05, 0.1) is 16.8 Å². The van der Waals surface area contributed by atoms with Crippen molar-refractivity contribution in [2.75, 3.05) is 5.32 Å². The monoisotopic (exact) mass is 293 g/mol. The summed E-state index contributed by atoms with van der Waals surface area (Å²) in [4.78, 5) is 0. The smallest absolute Gasteiger partial charge is 0.162 e. The van der Waals surface area contributed by atoms with Crippen LogP contribution in [0, 0.1) is 0 Å². The Morgan fingerprint density at radius 2 is 1.84 bits per heavy atom. The summed E-state index contributed by atoms with van der Waals surface area (Å²) in [6.07, 6.45) is -0.0626. The Morgan fingerprint density at radius 3 is 2.58 bits per heavy atom. The van der Waals surface area contributed by atoms with E-state index in [0.29, 0.717) is 15.8 Å². The SMILES string of the molecule is CC1Nc2cc(Cl)cc(Cl)c2OC1c1ccccc1. The van der Waals surface area contributed by atoms with Crippen LogP contribution in [-0.4, -0.2) is 6.04 Å². The van der Waals surface area contributed by atoms with Gasteiger partial charge in [0.15, 0.2) is 5.75 Å². The first-order valence-electron chi connectivity index (χ1n) is 6.12. The number of benzene rings is 2. The molecule has 2 aromatic carbocycles.